The van der Waals surface area contributed by atoms with Gasteiger partial charge in [0, 0.05) is 27.6 Å². The van der Waals surface area contributed by atoms with Crippen molar-refractivity contribution in [2.75, 3.05) is 0 Å². The third kappa shape index (κ3) is 4.22. The summed E-state index contributed by atoms with van der Waals surface area (Å²) in [5, 5.41) is 3.30. The molecule has 1 aliphatic carbocycles. The average molecular weight is 703 g/mol. The maximum atomic E-state index is 6.57. The summed E-state index contributed by atoms with van der Waals surface area (Å²) >= 11 is 0. The lowest BCUT2D eigenvalue weighted by Crippen LogP contribution is -2.32. The largest absolute Gasteiger partial charge is 0.457 e. The minimum Gasteiger partial charge on any atom is -0.457 e. The Bertz CT molecular complexity index is 3170. The number of para-hydroxylation sites is 3. The zero-order valence-corrected chi connectivity index (χ0v) is 29.5. The highest BCUT2D eigenvalue weighted by Crippen LogP contribution is 2.63. The Morgan fingerprint density at radius 1 is 0.436 bits per heavy atom. The molecule has 0 fully saturated rings. The number of fused-ring (bicyclic) bond motifs is 13. The molecule has 0 radical (unpaired) electrons. The smallest absolute Gasteiger partial charge is 0.180 e. The summed E-state index contributed by atoms with van der Waals surface area (Å²) in [6.45, 7) is 0. The van der Waals surface area contributed by atoms with E-state index >= 15 is 0 Å². The number of hydrogen-bond donors (Lipinski definition) is 0. The van der Waals surface area contributed by atoms with Crippen LogP contribution in [0.2, 0.25) is 0 Å². The Kier molecular flexibility index (Phi) is 6.23. The van der Waals surface area contributed by atoms with Crippen LogP contribution in [0.25, 0.3) is 77.7 Å². The lowest BCUT2D eigenvalue weighted by Gasteiger charge is -2.39. The molecule has 0 amide bonds. The Morgan fingerprint density at radius 2 is 1.09 bits per heavy atom. The SMILES string of the molecule is c1cc(-c2cccc3c2-c2ccccc2C32c3ccccc3Oc3ccccc32)cc(-c2nc(-c3ccc4ccccc4c3)nc3c2oc2ccccc23)c1. The second-order valence-corrected chi connectivity index (χ2v) is 14.4. The van der Waals surface area contributed by atoms with Gasteiger partial charge in [-0.1, -0.05) is 146 Å². The van der Waals surface area contributed by atoms with Crippen molar-refractivity contribution in [2.24, 2.45) is 0 Å². The molecular formula is C51H30N2O2. The molecule has 0 N–H and O–H groups in total. The van der Waals surface area contributed by atoms with Gasteiger partial charge in [0.1, 0.15) is 28.3 Å². The second-order valence-electron chi connectivity index (χ2n) is 14.4. The molecule has 0 bridgehead atoms. The first-order chi connectivity index (χ1) is 27.3. The number of furan rings is 1. The number of aromatic nitrogens is 2. The minimum absolute atomic E-state index is 0.535. The second kappa shape index (κ2) is 11.3. The van der Waals surface area contributed by atoms with E-state index in [9.17, 15) is 0 Å². The van der Waals surface area contributed by atoms with E-state index in [1.54, 1.807) is 0 Å². The molecule has 4 nitrogen and oxygen atoms in total. The van der Waals surface area contributed by atoms with E-state index in [0.717, 1.165) is 72.4 Å². The van der Waals surface area contributed by atoms with E-state index in [1.165, 1.54) is 27.6 Å². The molecule has 2 aromatic heterocycles. The summed E-state index contributed by atoms with van der Waals surface area (Å²) in [6.07, 6.45) is 0. The minimum atomic E-state index is -0.535. The first-order valence-electron chi connectivity index (χ1n) is 18.7. The van der Waals surface area contributed by atoms with Crippen LogP contribution in [0.5, 0.6) is 11.5 Å². The van der Waals surface area contributed by atoms with E-state index < -0.39 is 5.41 Å². The van der Waals surface area contributed by atoms with Gasteiger partial charge < -0.3 is 9.15 Å². The monoisotopic (exact) mass is 702 g/mol. The molecule has 12 rings (SSSR count). The summed E-state index contributed by atoms with van der Waals surface area (Å²) in [5.41, 5.74) is 14.0. The van der Waals surface area contributed by atoms with Gasteiger partial charge in [-0.15, -0.1) is 0 Å². The van der Waals surface area contributed by atoms with E-state index in [4.69, 9.17) is 19.1 Å². The predicted molar refractivity (Wildman–Crippen MR) is 221 cm³/mol. The van der Waals surface area contributed by atoms with Crippen molar-refractivity contribution in [3.63, 3.8) is 0 Å². The lowest BCUT2D eigenvalue weighted by atomic mass is 9.66. The van der Waals surface area contributed by atoms with Crippen molar-refractivity contribution in [2.45, 2.75) is 5.41 Å². The van der Waals surface area contributed by atoms with Crippen LogP contribution in [0.15, 0.2) is 186 Å². The third-order valence-corrected chi connectivity index (χ3v) is 11.5. The van der Waals surface area contributed by atoms with Crippen LogP contribution >= 0.6 is 0 Å². The summed E-state index contributed by atoms with van der Waals surface area (Å²) < 4.78 is 13.1. The lowest BCUT2D eigenvalue weighted by molar-refractivity contribution is 0.436. The van der Waals surface area contributed by atoms with Gasteiger partial charge in [-0.3, -0.25) is 0 Å². The number of nitrogens with zero attached hydrogens (tertiary/aromatic N) is 2. The zero-order chi connectivity index (χ0) is 36.1. The van der Waals surface area contributed by atoms with E-state index in [-0.39, 0.29) is 0 Å². The van der Waals surface area contributed by atoms with Gasteiger partial charge in [0.25, 0.3) is 0 Å². The molecule has 10 aromatic rings. The van der Waals surface area contributed by atoms with Crippen molar-refractivity contribution in [1.82, 2.24) is 9.97 Å². The quantitative estimate of drug-likeness (QED) is 0.184. The molecule has 1 spiro atoms. The van der Waals surface area contributed by atoms with Crippen LogP contribution < -0.4 is 4.74 Å². The maximum Gasteiger partial charge on any atom is 0.180 e. The van der Waals surface area contributed by atoms with Gasteiger partial charge in [-0.05, 0) is 80.6 Å². The fraction of sp³-hybridized carbons (Fsp3) is 0.0196. The number of ether oxygens (including phenoxy) is 1. The summed E-state index contributed by atoms with van der Waals surface area (Å²) in [7, 11) is 0. The average Bonchev–Trinajstić information content (AvgIpc) is 3.77. The van der Waals surface area contributed by atoms with Crippen LogP contribution in [-0.4, -0.2) is 9.97 Å². The van der Waals surface area contributed by atoms with Gasteiger partial charge in [-0.2, -0.15) is 0 Å². The van der Waals surface area contributed by atoms with Crippen molar-refractivity contribution in [3.8, 4) is 56.4 Å². The fourth-order valence-electron chi connectivity index (χ4n) is 9.22. The van der Waals surface area contributed by atoms with Crippen molar-refractivity contribution >= 4 is 32.8 Å². The van der Waals surface area contributed by atoms with Gasteiger partial charge in [0.2, 0.25) is 0 Å². The summed E-state index contributed by atoms with van der Waals surface area (Å²) in [5.74, 6) is 2.44. The Morgan fingerprint density at radius 3 is 1.95 bits per heavy atom. The Labute approximate surface area is 317 Å². The molecule has 2 aliphatic rings. The van der Waals surface area contributed by atoms with E-state index in [2.05, 4.69) is 164 Å². The standard InChI is InChI=1S/C51H30N2O2/c1-2-14-32-29-35(28-27-31(32)13-1)50-52-47(49-48(53-50)38-18-4-8-24-43(38)55-49)34-16-11-15-33(30-34)36-19-12-23-42-46(36)37-17-3-5-20-39(37)51(42)40-21-6-9-25-44(40)54-45-26-10-7-22-41(45)51/h1-30H. The molecule has 8 aromatic carbocycles. The van der Waals surface area contributed by atoms with Crippen LogP contribution in [-0.2, 0) is 5.41 Å². The number of hydrogen-bond acceptors (Lipinski definition) is 4. The van der Waals surface area contributed by atoms with Crippen LogP contribution in [0.4, 0.5) is 0 Å². The summed E-state index contributed by atoms with van der Waals surface area (Å²) in [6, 6.07) is 64.3. The van der Waals surface area contributed by atoms with Gasteiger partial charge in [-0.25, -0.2) is 9.97 Å². The highest BCUT2D eigenvalue weighted by Gasteiger charge is 2.51. The molecule has 1 aliphatic heterocycles. The first-order valence-corrected chi connectivity index (χ1v) is 18.7. The molecule has 256 valence electrons. The highest BCUT2D eigenvalue weighted by molar-refractivity contribution is 6.07. The first kappa shape index (κ1) is 30.2. The molecule has 4 heteroatoms. The van der Waals surface area contributed by atoms with Gasteiger partial charge in [0.15, 0.2) is 11.4 Å². The Hall–Kier alpha value is -7.30. The highest BCUT2D eigenvalue weighted by atomic mass is 16.5. The molecule has 55 heavy (non-hydrogen) atoms. The third-order valence-electron chi connectivity index (χ3n) is 11.5. The number of benzene rings is 8. The number of rotatable bonds is 3. The van der Waals surface area contributed by atoms with Crippen molar-refractivity contribution < 1.29 is 9.15 Å². The topological polar surface area (TPSA) is 48.2 Å². The molecule has 0 saturated carbocycles. The van der Waals surface area contributed by atoms with E-state index in [1.807, 2.05) is 18.2 Å². The molecule has 3 heterocycles. The van der Waals surface area contributed by atoms with Crippen molar-refractivity contribution in [3.05, 3.63) is 204 Å². The molecule has 0 atom stereocenters. The normalized spacial score (nSPS) is 13.4. The van der Waals surface area contributed by atoms with Crippen LogP contribution in [0.3, 0.4) is 0 Å². The predicted octanol–water partition coefficient (Wildman–Crippen LogP) is 13.0. The Balaban J connectivity index is 1.09. The van der Waals surface area contributed by atoms with E-state index in [0.29, 0.717) is 11.4 Å². The molecular weight excluding hydrogens is 673 g/mol. The van der Waals surface area contributed by atoms with Gasteiger partial charge >= 0.3 is 0 Å². The van der Waals surface area contributed by atoms with Crippen LogP contribution in [0, 0.1) is 0 Å². The molecule has 0 unspecified atom stereocenters. The van der Waals surface area contributed by atoms with Crippen molar-refractivity contribution in [1.29, 1.82) is 0 Å². The fourth-order valence-corrected chi connectivity index (χ4v) is 9.22. The van der Waals surface area contributed by atoms with Gasteiger partial charge in [0.05, 0.1) is 5.41 Å². The summed E-state index contributed by atoms with van der Waals surface area (Å²) in [4.78, 5) is 10.4. The van der Waals surface area contributed by atoms with Crippen LogP contribution in [0.1, 0.15) is 22.3 Å². The zero-order valence-electron chi connectivity index (χ0n) is 29.5. The maximum absolute atomic E-state index is 6.57. The molecule has 0 saturated heterocycles.